The number of benzene rings is 1. The normalized spacial score (nSPS) is 18.3. The first-order valence-electron chi connectivity index (χ1n) is 10.8. The first-order chi connectivity index (χ1) is 14.6. The molecule has 0 bridgehead atoms. The molecule has 2 fully saturated rings. The third kappa shape index (κ3) is 5.14. The molecule has 2 amide bonds. The van der Waals surface area contributed by atoms with E-state index in [1.54, 1.807) is 0 Å². The molecule has 2 N–H and O–H groups in total. The average Bonchev–Trinajstić information content (AvgIpc) is 2.97. The van der Waals surface area contributed by atoms with Crippen LogP contribution in [-0.4, -0.2) is 76.2 Å². The van der Waals surface area contributed by atoms with Crippen molar-refractivity contribution in [2.75, 3.05) is 44.6 Å². The van der Waals surface area contributed by atoms with Crippen LogP contribution in [-0.2, 0) is 9.59 Å². The summed E-state index contributed by atoms with van der Waals surface area (Å²) in [5, 5.41) is 10.4. The van der Waals surface area contributed by atoms with Gasteiger partial charge in [0, 0.05) is 48.9 Å². The number of nitrogens with zero attached hydrogens (tertiary/aromatic N) is 4. The Morgan fingerprint density at radius 3 is 2.16 bits per heavy atom. The van der Waals surface area contributed by atoms with Crippen LogP contribution in [0.1, 0.15) is 26.5 Å². The number of carbonyl (C=O) groups is 2. The number of rotatable bonds is 6. The Morgan fingerprint density at radius 2 is 1.58 bits per heavy atom. The maximum absolute atomic E-state index is 12.5. The highest BCUT2D eigenvalue weighted by molar-refractivity contribution is 5.91. The van der Waals surface area contributed by atoms with Crippen LogP contribution in [0.4, 0.5) is 5.82 Å². The van der Waals surface area contributed by atoms with Crippen LogP contribution >= 0.6 is 0 Å². The van der Waals surface area contributed by atoms with E-state index in [4.69, 9.17) is 0 Å². The number of hydrogen-bond donors (Lipinski definition) is 2. The van der Waals surface area contributed by atoms with Crippen molar-refractivity contribution in [2.24, 2.45) is 5.41 Å². The summed E-state index contributed by atoms with van der Waals surface area (Å²) in [5.74, 6) is 0.595. The molecule has 0 atom stereocenters. The average molecular weight is 425 g/mol. The topological polar surface area (TPSA) is 82.5 Å². The van der Waals surface area contributed by atoms with E-state index in [-0.39, 0.29) is 22.8 Å². The second kappa shape index (κ2) is 8.09. The maximum Gasteiger partial charge on any atom is 0.239 e. The van der Waals surface area contributed by atoms with E-state index < -0.39 is 0 Å². The minimum Gasteiger partial charge on any atom is -0.350 e. The number of hydrogen-bond acceptors (Lipinski definition) is 5. The zero-order chi connectivity index (χ0) is 22.2. The van der Waals surface area contributed by atoms with Crippen molar-refractivity contribution in [3.8, 4) is 5.69 Å². The Balaban J connectivity index is 1.20. The second-order valence-corrected chi connectivity index (χ2v) is 10.1. The number of nitrogens with one attached hydrogen (secondary N) is 2. The van der Waals surface area contributed by atoms with Crippen LogP contribution in [0.15, 0.2) is 36.4 Å². The fraction of sp³-hybridized carbons (Fsp3) is 0.522. The number of aryl methyl sites for hydroxylation is 1. The summed E-state index contributed by atoms with van der Waals surface area (Å²) < 4.78 is 1.83. The molecule has 0 saturated carbocycles. The summed E-state index contributed by atoms with van der Waals surface area (Å²) >= 11 is 0. The Hall–Kier alpha value is -2.71. The van der Waals surface area contributed by atoms with Crippen molar-refractivity contribution in [1.82, 2.24) is 24.9 Å². The SMILES string of the molecule is Cc1cc(NC(=O)CN2CC3(C2)CN(CC(=O)NC(C)(C)C)C3)nn1-c1ccccc1. The Labute approximate surface area is 183 Å². The summed E-state index contributed by atoms with van der Waals surface area (Å²) in [6.45, 7) is 12.4. The van der Waals surface area contributed by atoms with Gasteiger partial charge in [-0.2, -0.15) is 0 Å². The first kappa shape index (κ1) is 21.5. The summed E-state index contributed by atoms with van der Waals surface area (Å²) in [6.07, 6.45) is 0. The smallest absolute Gasteiger partial charge is 0.239 e. The third-order valence-electron chi connectivity index (χ3n) is 5.64. The lowest BCUT2D eigenvalue weighted by molar-refractivity contribution is -0.141. The zero-order valence-electron chi connectivity index (χ0n) is 18.8. The van der Waals surface area contributed by atoms with Gasteiger partial charge >= 0.3 is 0 Å². The van der Waals surface area contributed by atoms with Gasteiger partial charge in [0.25, 0.3) is 0 Å². The Morgan fingerprint density at radius 1 is 1.00 bits per heavy atom. The van der Waals surface area contributed by atoms with Gasteiger partial charge in [-0.3, -0.25) is 19.4 Å². The Bertz CT molecular complexity index is 948. The molecule has 2 aliphatic heterocycles. The van der Waals surface area contributed by atoms with Gasteiger partial charge in [0.2, 0.25) is 11.8 Å². The molecule has 2 aromatic rings. The molecule has 1 aromatic heterocycles. The van der Waals surface area contributed by atoms with E-state index >= 15 is 0 Å². The molecule has 166 valence electrons. The van der Waals surface area contributed by atoms with Gasteiger partial charge in [-0.05, 0) is 39.8 Å². The predicted octanol–water partition coefficient (Wildman–Crippen LogP) is 1.65. The Kier molecular flexibility index (Phi) is 5.61. The van der Waals surface area contributed by atoms with Crippen molar-refractivity contribution in [3.05, 3.63) is 42.1 Å². The van der Waals surface area contributed by atoms with Crippen LogP contribution < -0.4 is 10.6 Å². The van der Waals surface area contributed by atoms with E-state index in [0.29, 0.717) is 18.9 Å². The summed E-state index contributed by atoms with van der Waals surface area (Å²) in [4.78, 5) is 28.9. The van der Waals surface area contributed by atoms with Gasteiger partial charge in [-0.25, -0.2) is 4.68 Å². The van der Waals surface area contributed by atoms with Gasteiger partial charge in [-0.1, -0.05) is 18.2 Å². The lowest BCUT2D eigenvalue weighted by atomic mass is 9.73. The van der Waals surface area contributed by atoms with Gasteiger partial charge in [0.15, 0.2) is 5.82 Å². The molecule has 4 rings (SSSR count). The van der Waals surface area contributed by atoms with Crippen molar-refractivity contribution in [2.45, 2.75) is 33.2 Å². The molecule has 0 unspecified atom stereocenters. The highest BCUT2D eigenvalue weighted by Gasteiger charge is 2.51. The molecular formula is C23H32N6O2. The summed E-state index contributed by atoms with van der Waals surface area (Å²) in [6, 6.07) is 11.8. The minimum atomic E-state index is -0.199. The van der Waals surface area contributed by atoms with E-state index in [1.165, 1.54) is 0 Å². The number of anilines is 1. The first-order valence-corrected chi connectivity index (χ1v) is 10.8. The largest absolute Gasteiger partial charge is 0.350 e. The fourth-order valence-corrected chi connectivity index (χ4v) is 4.64. The molecular weight excluding hydrogens is 392 g/mol. The van der Waals surface area contributed by atoms with Gasteiger partial charge in [0.1, 0.15) is 0 Å². The van der Waals surface area contributed by atoms with Crippen molar-refractivity contribution in [3.63, 3.8) is 0 Å². The van der Waals surface area contributed by atoms with Crippen LogP contribution in [0.5, 0.6) is 0 Å². The predicted molar refractivity (Wildman–Crippen MR) is 120 cm³/mol. The number of likely N-dealkylation sites (tertiary alicyclic amines) is 2. The molecule has 2 saturated heterocycles. The molecule has 0 radical (unpaired) electrons. The molecule has 3 heterocycles. The van der Waals surface area contributed by atoms with Gasteiger partial charge in [-0.15, -0.1) is 5.10 Å². The number of amides is 2. The van der Waals surface area contributed by atoms with Crippen LogP contribution in [0.2, 0.25) is 0 Å². The monoisotopic (exact) mass is 424 g/mol. The van der Waals surface area contributed by atoms with E-state index in [9.17, 15) is 9.59 Å². The molecule has 2 aliphatic rings. The van der Waals surface area contributed by atoms with Crippen molar-refractivity contribution < 1.29 is 9.59 Å². The summed E-state index contributed by atoms with van der Waals surface area (Å²) in [7, 11) is 0. The maximum atomic E-state index is 12.5. The zero-order valence-corrected chi connectivity index (χ0v) is 18.8. The van der Waals surface area contributed by atoms with Gasteiger partial charge < -0.3 is 10.6 Å². The minimum absolute atomic E-state index is 0.0479. The molecule has 8 nitrogen and oxygen atoms in total. The van der Waals surface area contributed by atoms with Crippen LogP contribution in [0.25, 0.3) is 5.69 Å². The number of aromatic nitrogens is 2. The second-order valence-electron chi connectivity index (χ2n) is 10.1. The third-order valence-corrected chi connectivity index (χ3v) is 5.64. The summed E-state index contributed by atoms with van der Waals surface area (Å²) in [5.41, 5.74) is 1.98. The van der Waals surface area contributed by atoms with Crippen molar-refractivity contribution in [1.29, 1.82) is 0 Å². The van der Waals surface area contributed by atoms with Crippen LogP contribution in [0.3, 0.4) is 0 Å². The fourth-order valence-electron chi connectivity index (χ4n) is 4.64. The number of carbonyl (C=O) groups excluding carboxylic acids is 2. The van der Waals surface area contributed by atoms with Crippen molar-refractivity contribution >= 4 is 17.6 Å². The van der Waals surface area contributed by atoms with E-state index in [2.05, 4.69) is 25.5 Å². The van der Waals surface area contributed by atoms with Gasteiger partial charge in [0.05, 0.1) is 18.8 Å². The number of para-hydroxylation sites is 1. The molecule has 31 heavy (non-hydrogen) atoms. The van der Waals surface area contributed by atoms with E-state index in [0.717, 1.165) is 37.6 Å². The lowest BCUT2D eigenvalue weighted by Gasteiger charge is -2.60. The highest BCUT2D eigenvalue weighted by atomic mass is 16.2. The molecule has 8 heteroatoms. The van der Waals surface area contributed by atoms with E-state index in [1.807, 2.05) is 68.8 Å². The highest BCUT2D eigenvalue weighted by Crippen LogP contribution is 2.39. The quantitative estimate of drug-likeness (QED) is 0.737. The molecule has 1 aromatic carbocycles. The van der Waals surface area contributed by atoms with Crippen LogP contribution in [0, 0.1) is 12.3 Å². The molecule has 1 spiro atoms. The molecule has 0 aliphatic carbocycles. The standard InChI is InChI=1S/C23H32N6O2/c1-17-10-19(26-29(17)18-8-6-5-7-9-18)24-20(30)11-27-13-23(14-27)15-28(16-23)12-21(31)25-22(2,3)4/h5-10H,11-16H2,1-4H3,(H,25,31)(H,24,26,30). The lowest BCUT2D eigenvalue weighted by Crippen LogP contribution is -2.73.